The zero-order valence-corrected chi connectivity index (χ0v) is 15.2. The third kappa shape index (κ3) is 8.57. The van der Waals surface area contributed by atoms with Gasteiger partial charge in [-0.05, 0) is 24.8 Å². The van der Waals surface area contributed by atoms with Gasteiger partial charge in [-0.15, -0.1) is 41.7 Å². The highest BCUT2D eigenvalue weighted by molar-refractivity contribution is 14.0. The summed E-state index contributed by atoms with van der Waals surface area (Å²) >= 11 is 1.44. The van der Waals surface area contributed by atoms with E-state index in [0.717, 1.165) is 17.8 Å². The zero-order chi connectivity index (χ0) is 14.6. The molecule has 1 amide bonds. The SMILES string of the molecule is C#CCNC(=NCCCNC(=O)c1cccs1)NCC.I. The monoisotopic (exact) mass is 420 g/mol. The molecule has 0 aliphatic heterocycles. The van der Waals surface area contributed by atoms with Gasteiger partial charge in [0.2, 0.25) is 0 Å². The first-order valence-corrected chi connectivity index (χ1v) is 7.43. The minimum atomic E-state index is -0.0265. The van der Waals surface area contributed by atoms with Gasteiger partial charge in [0.25, 0.3) is 5.91 Å². The number of guanidine groups is 1. The van der Waals surface area contributed by atoms with Gasteiger partial charge in [-0.1, -0.05) is 12.0 Å². The molecule has 1 aromatic rings. The van der Waals surface area contributed by atoms with Crippen molar-refractivity contribution < 1.29 is 4.79 Å². The Kier molecular flexibility index (Phi) is 11.7. The Labute approximate surface area is 147 Å². The number of nitrogens with zero attached hydrogens (tertiary/aromatic N) is 1. The van der Waals surface area contributed by atoms with Crippen molar-refractivity contribution >= 4 is 47.2 Å². The summed E-state index contributed by atoms with van der Waals surface area (Å²) in [5.41, 5.74) is 0. The predicted octanol–water partition coefficient (Wildman–Crippen LogP) is 1.67. The number of terminal acetylenes is 1. The Morgan fingerprint density at radius 2 is 2.24 bits per heavy atom. The Morgan fingerprint density at radius 1 is 1.43 bits per heavy atom. The first kappa shape index (κ1) is 19.7. The average molecular weight is 420 g/mol. The molecule has 0 unspecified atom stereocenters. The van der Waals surface area contributed by atoms with Crippen LogP contribution in [0.4, 0.5) is 0 Å². The van der Waals surface area contributed by atoms with Crippen molar-refractivity contribution in [1.29, 1.82) is 0 Å². The van der Waals surface area contributed by atoms with Crippen LogP contribution >= 0.6 is 35.3 Å². The second kappa shape index (κ2) is 12.5. The highest BCUT2D eigenvalue weighted by Crippen LogP contribution is 2.07. The average Bonchev–Trinajstić information content (AvgIpc) is 2.98. The van der Waals surface area contributed by atoms with Crippen LogP contribution in [0.1, 0.15) is 23.0 Å². The topological polar surface area (TPSA) is 65.5 Å². The summed E-state index contributed by atoms with van der Waals surface area (Å²) in [6.07, 6.45) is 5.97. The lowest BCUT2D eigenvalue weighted by Gasteiger charge is -2.08. The lowest BCUT2D eigenvalue weighted by molar-refractivity contribution is 0.0957. The molecule has 0 saturated carbocycles. The fourth-order valence-corrected chi connectivity index (χ4v) is 2.08. The third-order valence-electron chi connectivity index (χ3n) is 2.34. The molecule has 1 rings (SSSR count). The van der Waals surface area contributed by atoms with Crippen molar-refractivity contribution in [2.24, 2.45) is 4.99 Å². The maximum absolute atomic E-state index is 11.7. The van der Waals surface area contributed by atoms with Gasteiger partial charge in [0, 0.05) is 19.6 Å². The molecule has 0 radical (unpaired) electrons. The van der Waals surface area contributed by atoms with E-state index in [2.05, 4.69) is 26.9 Å². The van der Waals surface area contributed by atoms with E-state index in [4.69, 9.17) is 6.42 Å². The van der Waals surface area contributed by atoms with Crippen molar-refractivity contribution in [1.82, 2.24) is 16.0 Å². The summed E-state index contributed by atoms with van der Waals surface area (Å²) in [4.78, 5) is 16.8. The molecule has 0 aromatic carbocycles. The predicted molar refractivity (Wildman–Crippen MR) is 99.5 cm³/mol. The molecule has 0 atom stereocenters. The molecule has 21 heavy (non-hydrogen) atoms. The summed E-state index contributed by atoms with van der Waals surface area (Å²) in [7, 11) is 0. The number of carbonyl (C=O) groups excluding carboxylic acids is 1. The number of hydrogen-bond acceptors (Lipinski definition) is 3. The van der Waals surface area contributed by atoms with Crippen LogP contribution in [0.5, 0.6) is 0 Å². The van der Waals surface area contributed by atoms with Crippen LogP contribution in [-0.4, -0.2) is 38.0 Å². The minimum absolute atomic E-state index is 0. The quantitative estimate of drug-likeness (QED) is 0.207. The number of thiophene rings is 1. The van der Waals surface area contributed by atoms with Gasteiger partial charge < -0.3 is 16.0 Å². The van der Waals surface area contributed by atoms with E-state index in [9.17, 15) is 4.79 Å². The fraction of sp³-hybridized carbons (Fsp3) is 0.429. The van der Waals surface area contributed by atoms with E-state index in [-0.39, 0.29) is 29.9 Å². The van der Waals surface area contributed by atoms with Crippen LogP contribution in [0.2, 0.25) is 0 Å². The van der Waals surface area contributed by atoms with E-state index < -0.39 is 0 Å². The molecule has 0 aliphatic carbocycles. The van der Waals surface area contributed by atoms with Crippen molar-refractivity contribution in [3.8, 4) is 12.3 Å². The van der Waals surface area contributed by atoms with Gasteiger partial charge in [0.1, 0.15) is 0 Å². The Hall–Kier alpha value is -1.27. The second-order valence-corrected chi connectivity index (χ2v) is 4.85. The van der Waals surface area contributed by atoms with Gasteiger partial charge in [0.05, 0.1) is 11.4 Å². The number of rotatable bonds is 7. The van der Waals surface area contributed by atoms with E-state index in [1.165, 1.54) is 11.3 Å². The van der Waals surface area contributed by atoms with Crippen LogP contribution in [0.3, 0.4) is 0 Å². The van der Waals surface area contributed by atoms with Gasteiger partial charge in [-0.25, -0.2) is 0 Å². The van der Waals surface area contributed by atoms with E-state index in [1.54, 1.807) is 0 Å². The van der Waals surface area contributed by atoms with E-state index >= 15 is 0 Å². The number of amides is 1. The molecule has 1 heterocycles. The molecule has 0 saturated heterocycles. The lowest BCUT2D eigenvalue weighted by Crippen LogP contribution is -2.37. The number of carbonyl (C=O) groups is 1. The van der Waals surface area contributed by atoms with Gasteiger partial charge in [-0.3, -0.25) is 9.79 Å². The third-order valence-corrected chi connectivity index (χ3v) is 3.21. The lowest BCUT2D eigenvalue weighted by atomic mass is 10.4. The van der Waals surface area contributed by atoms with Gasteiger partial charge in [-0.2, -0.15) is 0 Å². The van der Waals surface area contributed by atoms with Gasteiger partial charge >= 0.3 is 0 Å². The Balaban J connectivity index is 0.00000400. The molecular weight excluding hydrogens is 399 g/mol. The van der Waals surface area contributed by atoms with E-state index in [1.807, 2.05) is 24.4 Å². The normalized spacial score (nSPS) is 10.2. The second-order valence-electron chi connectivity index (χ2n) is 3.91. The van der Waals surface area contributed by atoms with Crippen molar-refractivity contribution in [3.63, 3.8) is 0 Å². The highest BCUT2D eigenvalue weighted by Gasteiger charge is 2.04. The first-order valence-electron chi connectivity index (χ1n) is 6.55. The summed E-state index contributed by atoms with van der Waals surface area (Å²) in [5, 5.41) is 10.9. The van der Waals surface area contributed by atoms with Crippen LogP contribution in [0, 0.1) is 12.3 Å². The summed E-state index contributed by atoms with van der Waals surface area (Å²) in [6, 6.07) is 3.68. The Bertz CT molecular complexity index is 468. The van der Waals surface area contributed by atoms with Crippen LogP contribution in [0.25, 0.3) is 0 Å². The maximum atomic E-state index is 11.7. The molecule has 5 nitrogen and oxygen atoms in total. The largest absolute Gasteiger partial charge is 0.357 e. The maximum Gasteiger partial charge on any atom is 0.261 e. The van der Waals surface area contributed by atoms with Crippen LogP contribution in [0.15, 0.2) is 22.5 Å². The molecular formula is C14H21IN4OS. The molecule has 116 valence electrons. The van der Waals surface area contributed by atoms with Crippen molar-refractivity contribution in [3.05, 3.63) is 22.4 Å². The molecule has 7 heteroatoms. The standard InChI is InChI=1S/C14H20N4OS.HI/c1-3-8-17-14(15-4-2)18-10-6-9-16-13(19)12-7-5-11-20-12;/h1,5,7,11H,4,6,8-10H2,2H3,(H,16,19)(H2,15,17,18);1H. The first-order chi connectivity index (χ1) is 9.77. The number of aliphatic imine (C=N–C) groups is 1. The van der Waals surface area contributed by atoms with Crippen molar-refractivity contribution in [2.45, 2.75) is 13.3 Å². The van der Waals surface area contributed by atoms with Gasteiger partial charge in [0.15, 0.2) is 5.96 Å². The van der Waals surface area contributed by atoms with Crippen LogP contribution in [-0.2, 0) is 0 Å². The molecule has 0 bridgehead atoms. The number of halogens is 1. The summed E-state index contributed by atoms with van der Waals surface area (Å²) in [5.74, 6) is 3.18. The molecule has 3 N–H and O–H groups in total. The molecule has 1 aromatic heterocycles. The Morgan fingerprint density at radius 3 is 2.86 bits per heavy atom. The number of nitrogens with one attached hydrogen (secondary N) is 3. The number of hydrogen-bond donors (Lipinski definition) is 3. The molecule has 0 spiro atoms. The smallest absolute Gasteiger partial charge is 0.261 e. The fourth-order valence-electron chi connectivity index (χ4n) is 1.44. The molecule has 0 fully saturated rings. The van der Waals surface area contributed by atoms with Crippen molar-refractivity contribution in [2.75, 3.05) is 26.2 Å². The minimum Gasteiger partial charge on any atom is -0.357 e. The molecule has 0 aliphatic rings. The zero-order valence-electron chi connectivity index (χ0n) is 12.0. The summed E-state index contributed by atoms with van der Waals surface area (Å²) in [6.45, 7) is 4.46. The van der Waals surface area contributed by atoms with Crippen LogP contribution < -0.4 is 16.0 Å². The highest BCUT2D eigenvalue weighted by atomic mass is 127. The summed E-state index contributed by atoms with van der Waals surface area (Å²) < 4.78 is 0. The van der Waals surface area contributed by atoms with E-state index in [0.29, 0.717) is 25.6 Å².